The minimum Gasteiger partial charge on any atom is -0.454 e. The first-order valence-electron chi connectivity index (χ1n) is 8.18. The quantitative estimate of drug-likeness (QED) is 0.339. The Labute approximate surface area is 181 Å². The van der Waals surface area contributed by atoms with Gasteiger partial charge in [-0.05, 0) is 43.3 Å². The zero-order valence-electron chi connectivity index (χ0n) is 15.3. The van der Waals surface area contributed by atoms with Crippen molar-refractivity contribution < 1.29 is 27.7 Å². The Morgan fingerprint density at radius 1 is 1.13 bits per heavy atom. The lowest BCUT2D eigenvalue weighted by molar-refractivity contribution is -0.383. The van der Waals surface area contributed by atoms with Gasteiger partial charge in [0.1, 0.15) is 11.7 Å². The average molecular weight is 476 g/mol. The van der Waals surface area contributed by atoms with Crippen molar-refractivity contribution in [2.45, 2.75) is 17.9 Å². The molecule has 0 unspecified atom stereocenters. The third kappa shape index (κ3) is 6.39. The van der Waals surface area contributed by atoms with Crippen LogP contribution < -0.4 is 10.0 Å². The van der Waals surface area contributed by atoms with Gasteiger partial charge in [-0.15, -0.1) is 0 Å². The largest absolute Gasteiger partial charge is 0.454 e. The SMILES string of the molecule is C[C@H](NS(=O)(=O)c1ccc(Cl)cc1)C(=O)OCC(=O)Nc1ccc(Cl)cc1[N+](=O)[O-]. The molecule has 0 heterocycles. The number of halogens is 2. The third-order valence-electron chi connectivity index (χ3n) is 3.59. The van der Waals surface area contributed by atoms with Crippen molar-refractivity contribution in [1.29, 1.82) is 0 Å². The maximum atomic E-state index is 12.3. The van der Waals surface area contributed by atoms with E-state index in [1.807, 2.05) is 0 Å². The summed E-state index contributed by atoms with van der Waals surface area (Å²) in [5.74, 6) is -1.88. The topological polar surface area (TPSA) is 145 Å². The number of sulfonamides is 1. The fraction of sp³-hybridized carbons (Fsp3) is 0.176. The van der Waals surface area contributed by atoms with Gasteiger partial charge in [-0.1, -0.05) is 23.2 Å². The summed E-state index contributed by atoms with van der Waals surface area (Å²) in [6.45, 7) is 0.448. The molecular formula is C17H15Cl2N3O7S. The summed E-state index contributed by atoms with van der Waals surface area (Å²) in [5, 5.41) is 13.7. The minimum atomic E-state index is -4.03. The molecule has 10 nitrogen and oxygen atoms in total. The van der Waals surface area contributed by atoms with Gasteiger partial charge in [0.15, 0.2) is 6.61 Å². The van der Waals surface area contributed by atoms with E-state index in [0.717, 1.165) is 6.07 Å². The number of nitrogens with one attached hydrogen (secondary N) is 2. The monoisotopic (exact) mass is 475 g/mol. The zero-order valence-corrected chi connectivity index (χ0v) is 17.6. The maximum absolute atomic E-state index is 12.3. The van der Waals surface area contributed by atoms with E-state index in [0.29, 0.717) is 5.02 Å². The normalized spacial score (nSPS) is 12.1. The van der Waals surface area contributed by atoms with E-state index in [-0.39, 0.29) is 15.6 Å². The number of anilines is 1. The highest BCUT2D eigenvalue weighted by Crippen LogP contribution is 2.27. The van der Waals surface area contributed by atoms with Crippen LogP contribution >= 0.6 is 23.2 Å². The van der Waals surface area contributed by atoms with Crippen LogP contribution in [0.3, 0.4) is 0 Å². The molecule has 30 heavy (non-hydrogen) atoms. The predicted octanol–water partition coefficient (Wildman–Crippen LogP) is 2.75. The summed E-state index contributed by atoms with van der Waals surface area (Å²) in [6.07, 6.45) is 0. The summed E-state index contributed by atoms with van der Waals surface area (Å²) >= 11 is 11.4. The molecule has 13 heteroatoms. The number of amides is 1. The molecule has 0 aromatic heterocycles. The first kappa shape index (κ1) is 23.5. The second kappa shape index (κ2) is 9.85. The Morgan fingerprint density at radius 2 is 1.73 bits per heavy atom. The minimum absolute atomic E-state index is 0.105. The molecule has 0 aliphatic rings. The molecule has 2 aromatic rings. The maximum Gasteiger partial charge on any atom is 0.324 e. The first-order chi connectivity index (χ1) is 14.0. The molecule has 0 aliphatic heterocycles. The molecule has 0 fully saturated rings. The molecule has 2 rings (SSSR count). The van der Waals surface area contributed by atoms with Gasteiger partial charge in [-0.25, -0.2) is 8.42 Å². The molecule has 1 amide bonds. The number of nitro benzene ring substituents is 1. The van der Waals surface area contributed by atoms with E-state index < -0.39 is 45.2 Å². The van der Waals surface area contributed by atoms with Gasteiger partial charge in [-0.3, -0.25) is 19.7 Å². The van der Waals surface area contributed by atoms with Crippen LogP contribution in [0.5, 0.6) is 0 Å². The lowest BCUT2D eigenvalue weighted by Crippen LogP contribution is -2.40. The highest BCUT2D eigenvalue weighted by molar-refractivity contribution is 7.89. The first-order valence-corrected chi connectivity index (χ1v) is 10.4. The smallest absolute Gasteiger partial charge is 0.324 e. The van der Waals surface area contributed by atoms with Gasteiger partial charge in [0.2, 0.25) is 10.0 Å². The lowest BCUT2D eigenvalue weighted by Gasteiger charge is -2.14. The van der Waals surface area contributed by atoms with Crippen molar-refractivity contribution in [2.75, 3.05) is 11.9 Å². The summed E-state index contributed by atoms with van der Waals surface area (Å²) < 4.78 is 31.4. The number of hydrogen-bond donors (Lipinski definition) is 2. The Balaban J connectivity index is 1.94. The average Bonchev–Trinajstić information content (AvgIpc) is 2.67. The second-order valence-electron chi connectivity index (χ2n) is 5.87. The fourth-order valence-electron chi connectivity index (χ4n) is 2.17. The Hall–Kier alpha value is -2.73. The van der Waals surface area contributed by atoms with Crippen molar-refractivity contribution in [3.8, 4) is 0 Å². The van der Waals surface area contributed by atoms with E-state index in [4.69, 9.17) is 27.9 Å². The van der Waals surface area contributed by atoms with Crippen molar-refractivity contribution in [1.82, 2.24) is 4.72 Å². The van der Waals surface area contributed by atoms with Crippen molar-refractivity contribution >= 4 is 56.5 Å². The van der Waals surface area contributed by atoms with Gasteiger partial charge in [-0.2, -0.15) is 4.72 Å². The van der Waals surface area contributed by atoms with Crippen molar-refractivity contribution in [3.63, 3.8) is 0 Å². The second-order valence-corrected chi connectivity index (χ2v) is 8.46. The van der Waals surface area contributed by atoms with E-state index in [1.54, 1.807) is 0 Å². The van der Waals surface area contributed by atoms with Gasteiger partial charge >= 0.3 is 5.97 Å². The molecule has 2 aromatic carbocycles. The van der Waals surface area contributed by atoms with Crippen LogP contribution in [-0.2, 0) is 24.3 Å². The molecule has 1 atom stereocenters. The predicted molar refractivity (Wildman–Crippen MR) is 109 cm³/mol. The molecule has 0 saturated carbocycles. The van der Waals surface area contributed by atoms with Crippen LogP contribution in [0.1, 0.15) is 6.92 Å². The van der Waals surface area contributed by atoms with Gasteiger partial charge in [0, 0.05) is 16.1 Å². The third-order valence-corrected chi connectivity index (χ3v) is 5.63. The summed E-state index contributed by atoms with van der Waals surface area (Å²) in [4.78, 5) is 34.1. The molecular weight excluding hydrogens is 461 g/mol. The van der Waals surface area contributed by atoms with Gasteiger partial charge in [0.25, 0.3) is 11.6 Å². The zero-order chi connectivity index (χ0) is 22.5. The number of esters is 1. The molecule has 2 N–H and O–H groups in total. The van der Waals surface area contributed by atoms with E-state index in [2.05, 4.69) is 10.0 Å². The van der Waals surface area contributed by atoms with Crippen LogP contribution in [-0.4, -0.2) is 37.9 Å². The Bertz CT molecular complexity index is 1080. The van der Waals surface area contributed by atoms with Crippen LogP contribution in [0.25, 0.3) is 0 Å². The van der Waals surface area contributed by atoms with Crippen molar-refractivity contribution in [3.05, 3.63) is 62.6 Å². The fourth-order valence-corrected chi connectivity index (χ4v) is 3.66. The van der Waals surface area contributed by atoms with Gasteiger partial charge < -0.3 is 10.1 Å². The molecule has 0 radical (unpaired) electrons. The highest BCUT2D eigenvalue weighted by atomic mass is 35.5. The van der Waals surface area contributed by atoms with E-state index in [1.165, 1.54) is 43.3 Å². The molecule has 0 aliphatic carbocycles. The van der Waals surface area contributed by atoms with Crippen LogP contribution in [0.2, 0.25) is 10.0 Å². The Morgan fingerprint density at radius 3 is 2.33 bits per heavy atom. The molecule has 160 valence electrons. The summed E-state index contributed by atoms with van der Waals surface area (Å²) in [5.41, 5.74) is -0.576. The number of carbonyl (C=O) groups excluding carboxylic acids is 2. The Kier molecular flexibility index (Phi) is 7.73. The number of hydrogen-bond acceptors (Lipinski definition) is 7. The molecule has 0 spiro atoms. The summed E-state index contributed by atoms with van der Waals surface area (Å²) in [6, 6.07) is 7.58. The number of nitrogens with zero attached hydrogens (tertiary/aromatic N) is 1. The number of rotatable bonds is 8. The van der Waals surface area contributed by atoms with Crippen LogP contribution in [0.15, 0.2) is 47.4 Å². The van der Waals surface area contributed by atoms with E-state index in [9.17, 15) is 28.1 Å². The standard InChI is InChI=1S/C17H15Cl2N3O7S/c1-10(21-30(27,28)13-5-2-11(18)3-6-13)17(24)29-9-16(23)20-14-7-4-12(19)8-15(14)22(25)26/h2-8,10,21H,9H2,1H3,(H,20,23)/t10-/m0/s1. The summed E-state index contributed by atoms with van der Waals surface area (Å²) in [7, 11) is -4.03. The number of ether oxygens (including phenoxy) is 1. The molecule has 0 saturated heterocycles. The van der Waals surface area contributed by atoms with Crippen LogP contribution in [0, 0.1) is 10.1 Å². The van der Waals surface area contributed by atoms with Gasteiger partial charge in [0.05, 0.1) is 9.82 Å². The highest BCUT2D eigenvalue weighted by Gasteiger charge is 2.24. The number of carbonyl (C=O) groups is 2. The van der Waals surface area contributed by atoms with E-state index >= 15 is 0 Å². The van der Waals surface area contributed by atoms with Crippen LogP contribution in [0.4, 0.5) is 11.4 Å². The number of nitro groups is 1. The lowest BCUT2D eigenvalue weighted by atomic mass is 10.2. The molecule has 0 bridgehead atoms. The van der Waals surface area contributed by atoms with Crippen molar-refractivity contribution in [2.24, 2.45) is 0 Å². The number of benzene rings is 2.